The fourth-order valence-corrected chi connectivity index (χ4v) is 2.10. The Hall–Kier alpha value is -2.27. The molecule has 0 amide bonds. The molecule has 122 valence electrons. The molecule has 0 fully saturated rings. The van der Waals surface area contributed by atoms with Crippen LogP contribution in [0, 0.1) is 5.82 Å². The molecule has 0 atom stereocenters. The van der Waals surface area contributed by atoms with E-state index in [4.69, 9.17) is 21.1 Å². The Balaban J connectivity index is 2.17. The largest absolute Gasteiger partial charge is 0.493 e. The molecular formula is C17H18ClFN2O2. The fourth-order valence-electron chi connectivity index (χ4n) is 1.89. The minimum Gasteiger partial charge on any atom is -0.493 e. The Bertz CT molecular complexity index is 685. The van der Waals surface area contributed by atoms with Gasteiger partial charge in [-0.2, -0.15) is 5.10 Å². The first kappa shape index (κ1) is 17.1. The van der Waals surface area contributed by atoms with Gasteiger partial charge in [0.2, 0.25) is 0 Å². The van der Waals surface area contributed by atoms with Gasteiger partial charge < -0.3 is 14.5 Å². The van der Waals surface area contributed by atoms with Crippen molar-refractivity contribution in [2.24, 2.45) is 5.10 Å². The second-order valence-corrected chi connectivity index (χ2v) is 5.40. The van der Waals surface area contributed by atoms with E-state index in [1.807, 2.05) is 20.2 Å². The number of nitrogens with zero attached hydrogens (tertiary/aromatic N) is 2. The van der Waals surface area contributed by atoms with Crippen LogP contribution in [0.4, 0.5) is 4.39 Å². The standard InChI is InChI=1S/C17H18ClFN2O2/c1-21(2)20-10-12-7-8-16(17(9-12)22-3)23-11-13-14(18)5-4-6-15(13)19/h4-10H,11H2,1-3H3/b20-10+. The van der Waals surface area contributed by atoms with Crippen molar-refractivity contribution in [3.05, 3.63) is 58.4 Å². The average molecular weight is 337 g/mol. The summed E-state index contributed by atoms with van der Waals surface area (Å²) in [4.78, 5) is 0. The normalized spacial score (nSPS) is 10.8. The lowest BCUT2D eigenvalue weighted by Gasteiger charge is -2.12. The summed E-state index contributed by atoms with van der Waals surface area (Å²) in [6, 6.07) is 9.92. The van der Waals surface area contributed by atoms with Gasteiger partial charge in [0, 0.05) is 19.7 Å². The lowest BCUT2D eigenvalue weighted by Crippen LogP contribution is -2.03. The second kappa shape index (κ2) is 7.83. The van der Waals surface area contributed by atoms with Crippen LogP contribution in [0.3, 0.4) is 0 Å². The van der Waals surface area contributed by atoms with Crippen LogP contribution in [0.2, 0.25) is 5.02 Å². The molecule has 0 bridgehead atoms. The van der Waals surface area contributed by atoms with E-state index in [0.29, 0.717) is 22.1 Å². The summed E-state index contributed by atoms with van der Waals surface area (Å²) in [5.41, 5.74) is 1.18. The molecule has 2 aromatic rings. The zero-order valence-corrected chi connectivity index (χ0v) is 14.0. The van der Waals surface area contributed by atoms with Crippen molar-refractivity contribution in [1.82, 2.24) is 5.01 Å². The highest BCUT2D eigenvalue weighted by molar-refractivity contribution is 6.31. The summed E-state index contributed by atoms with van der Waals surface area (Å²) >= 11 is 5.99. The molecule has 23 heavy (non-hydrogen) atoms. The lowest BCUT2D eigenvalue weighted by molar-refractivity contribution is 0.280. The number of hydrogen-bond donors (Lipinski definition) is 0. The Labute approximate surface area is 140 Å². The predicted octanol–water partition coefficient (Wildman–Crippen LogP) is 3.96. The molecule has 2 aromatic carbocycles. The van der Waals surface area contributed by atoms with E-state index >= 15 is 0 Å². The van der Waals surface area contributed by atoms with Crippen molar-refractivity contribution in [1.29, 1.82) is 0 Å². The Kier molecular flexibility index (Phi) is 5.82. The quantitative estimate of drug-likeness (QED) is 0.591. The minimum atomic E-state index is -0.397. The minimum absolute atomic E-state index is 0.0208. The summed E-state index contributed by atoms with van der Waals surface area (Å²) in [6.45, 7) is 0.0208. The number of benzene rings is 2. The highest BCUT2D eigenvalue weighted by atomic mass is 35.5. The van der Waals surface area contributed by atoms with E-state index in [1.165, 1.54) is 6.07 Å². The fraction of sp³-hybridized carbons (Fsp3) is 0.235. The van der Waals surface area contributed by atoms with Crippen LogP contribution in [0.1, 0.15) is 11.1 Å². The Morgan fingerprint density at radius 1 is 1.22 bits per heavy atom. The van der Waals surface area contributed by atoms with E-state index in [1.54, 1.807) is 42.6 Å². The Morgan fingerprint density at radius 2 is 2.00 bits per heavy atom. The summed E-state index contributed by atoms with van der Waals surface area (Å²) in [5, 5.41) is 6.19. The summed E-state index contributed by atoms with van der Waals surface area (Å²) in [6.07, 6.45) is 1.71. The molecule has 0 spiro atoms. The van der Waals surface area contributed by atoms with Gasteiger partial charge in [-0.15, -0.1) is 0 Å². The highest BCUT2D eigenvalue weighted by Crippen LogP contribution is 2.29. The topological polar surface area (TPSA) is 34.1 Å². The van der Waals surface area contributed by atoms with Crippen molar-refractivity contribution in [2.75, 3.05) is 21.2 Å². The smallest absolute Gasteiger partial charge is 0.161 e. The maximum Gasteiger partial charge on any atom is 0.161 e. The van der Waals surface area contributed by atoms with Crippen LogP contribution >= 0.6 is 11.6 Å². The third-order valence-corrected chi connectivity index (χ3v) is 3.41. The molecular weight excluding hydrogens is 319 g/mol. The van der Waals surface area contributed by atoms with Crippen LogP contribution in [0.25, 0.3) is 0 Å². The maximum atomic E-state index is 13.8. The van der Waals surface area contributed by atoms with Gasteiger partial charge >= 0.3 is 0 Å². The van der Waals surface area contributed by atoms with Gasteiger partial charge in [0.05, 0.1) is 18.3 Å². The van der Waals surface area contributed by atoms with Crippen LogP contribution in [0.15, 0.2) is 41.5 Å². The first-order valence-electron chi connectivity index (χ1n) is 6.96. The molecule has 0 aliphatic rings. The van der Waals surface area contributed by atoms with Gasteiger partial charge in [0.15, 0.2) is 11.5 Å². The second-order valence-electron chi connectivity index (χ2n) is 4.99. The molecule has 0 heterocycles. The van der Waals surface area contributed by atoms with Gasteiger partial charge in [-0.3, -0.25) is 0 Å². The van der Waals surface area contributed by atoms with Crippen molar-refractivity contribution in [3.63, 3.8) is 0 Å². The first-order chi connectivity index (χ1) is 11.0. The number of rotatable bonds is 6. The summed E-state index contributed by atoms with van der Waals surface area (Å²) in [5.74, 6) is 0.653. The SMILES string of the molecule is COc1cc(/C=N/N(C)C)ccc1OCc1c(F)cccc1Cl. The monoisotopic (exact) mass is 336 g/mol. The van der Waals surface area contributed by atoms with E-state index in [0.717, 1.165) is 5.56 Å². The number of ether oxygens (including phenoxy) is 2. The van der Waals surface area contributed by atoms with Crippen LogP contribution in [-0.2, 0) is 6.61 Å². The van der Waals surface area contributed by atoms with Crippen molar-refractivity contribution in [3.8, 4) is 11.5 Å². The number of hydrogen-bond acceptors (Lipinski definition) is 4. The summed E-state index contributed by atoms with van der Waals surface area (Å²) in [7, 11) is 5.22. The lowest BCUT2D eigenvalue weighted by atomic mass is 10.2. The van der Waals surface area contributed by atoms with Crippen molar-refractivity contribution < 1.29 is 13.9 Å². The maximum absolute atomic E-state index is 13.8. The summed E-state index contributed by atoms with van der Waals surface area (Å²) < 4.78 is 24.7. The highest BCUT2D eigenvalue weighted by Gasteiger charge is 2.10. The molecule has 0 saturated carbocycles. The van der Waals surface area contributed by atoms with Gasteiger partial charge in [0.25, 0.3) is 0 Å². The molecule has 0 saturated heterocycles. The Morgan fingerprint density at radius 3 is 2.65 bits per heavy atom. The average Bonchev–Trinajstić information content (AvgIpc) is 2.53. The van der Waals surface area contributed by atoms with E-state index in [9.17, 15) is 4.39 Å². The number of methoxy groups -OCH3 is 1. The van der Waals surface area contributed by atoms with E-state index in [2.05, 4.69) is 5.10 Å². The predicted molar refractivity (Wildman–Crippen MR) is 90.0 cm³/mol. The zero-order valence-electron chi connectivity index (χ0n) is 13.2. The van der Waals surface area contributed by atoms with E-state index < -0.39 is 5.82 Å². The van der Waals surface area contributed by atoms with Crippen LogP contribution in [0.5, 0.6) is 11.5 Å². The van der Waals surface area contributed by atoms with Crippen molar-refractivity contribution in [2.45, 2.75) is 6.61 Å². The molecule has 2 rings (SSSR count). The van der Waals surface area contributed by atoms with Gasteiger partial charge in [-0.1, -0.05) is 17.7 Å². The van der Waals surface area contributed by atoms with Gasteiger partial charge in [-0.25, -0.2) is 4.39 Å². The van der Waals surface area contributed by atoms with Crippen LogP contribution < -0.4 is 9.47 Å². The third kappa shape index (κ3) is 4.60. The molecule has 0 aliphatic carbocycles. The van der Waals surface area contributed by atoms with Crippen molar-refractivity contribution >= 4 is 17.8 Å². The van der Waals surface area contributed by atoms with Gasteiger partial charge in [0.1, 0.15) is 12.4 Å². The molecule has 6 heteroatoms. The molecule has 0 radical (unpaired) electrons. The van der Waals surface area contributed by atoms with Gasteiger partial charge in [-0.05, 0) is 35.9 Å². The molecule has 0 N–H and O–H groups in total. The number of halogens is 2. The first-order valence-corrected chi connectivity index (χ1v) is 7.34. The number of hydrazone groups is 1. The zero-order chi connectivity index (χ0) is 16.8. The third-order valence-electron chi connectivity index (χ3n) is 3.06. The molecule has 4 nitrogen and oxygen atoms in total. The molecule has 0 aliphatic heterocycles. The van der Waals surface area contributed by atoms with E-state index in [-0.39, 0.29) is 6.61 Å². The van der Waals surface area contributed by atoms with Crippen LogP contribution in [-0.4, -0.2) is 32.4 Å². The molecule has 0 aromatic heterocycles. The molecule has 0 unspecified atom stereocenters.